The first-order chi connectivity index (χ1) is 8.24. The molecule has 2 aliphatic rings. The minimum atomic E-state index is 0.0537. The molecule has 3 rings (SSSR count). The van der Waals surface area contributed by atoms with Gasteiger partial charge in [0.25, 0.3) is 0 Å². The summed E-state index contributed by atoms with van der Waals surface area (Å²) in [6.07, 6.45) is 5.71. The van der Waals surface area contributed by atoms with E-state index < -0.39 is 0 Å². The highest BCUT2D eigenvalue weighted by Crippen LogP contribution is 2.31. The van der Waals surface area contributed by atoms with Gasteiger partial charge in [0, 0.05) is 5.69 Å². The SMILES string of the molecule is N=C(N)c1cc2c(nc1OCC1CC1)CCC2. The Morgan fingerprint density at radius 3 is 3.00 bits per heavy atom. The zero-order valence-corrected chi connectivity index (χ0v) is 9.83. The quantitative estimate of drug-likeness (QED) is 0.611. The molecule has 0 aliphatic heterocycles. The Morgan fingerprint density at radius 1 is 1.47 bits per heavy atom. The molecule has 1 fully saturated rings. The highest BCUT2D eigenvalue weighted by Gasteiger charge is 2.24. The van der Waals surface area contributed by atoms with Crippen LogP contribution in [0.2, 0.25) is 0 Å². The maximum absolute atomic E-state index is 7.60. The van der Waals surface area contributed by atoms with Crippen LogP contribution in [0.25, 0.3) is 0 Å². The average molecular weight is 231 g/mol. The van der Waals surface area contributed by atoms with Crippen molar-refractivity contribution in [2.45, 2.75) is 32.1 Å². The fourth-order valence-electron chi connectivity index (χ4n) is 2.24. The van der Waals surface area contributed by atoms with Crippen LogP contribution >= 0.6 is 0 Å². The molecule has 4 nitrogen and oxygen atoms in total. The lowest BCUT2D eigenvalue weighted by atomic mass is 10.1. The molecular formula is C13H17N3O. The van der Waals surface area contributed by atoms with E-state index in [9.17, 15) is 0 Å². The van der Waals surface area contributed by atoms with E-state index in [1.165, 1.54) is 18.4 Å². The molecule has 0 spiro atoms. The van der Waals surface area contributed by atoms with Crippen LogP contribution in [0.5, 0.6) is 5.88 Å². The van der Waals surface area contributed by atoms with Crippen molar-refractivity contribution in [2.75, 3.05) is 6.61 Å². The molecule has 17 heavy (non-hydrogen) atoms. The number of nitrogens with two attached hydrogens (primary N) is 1. The molecule has 0 saturated heterocycles. The van der Waals surface area contributed by atoms with Crippen molar-refractivity contribution in [3.63, 3.8) is 0 Å². The zero-order chi connectivity index (χ0) is 11.8. The number of aromatic nitrogens is 1. The van der Waals surface area contributed by atoms with E-state index in [1.54, 1.807) is 0 Å². The molecule has 1 saturated carbocycles. The number of nitrogens with one attached hydrogen (secondary N) is 1. The summed E-state index contributed by atoms with van der Waals surface area (Å²) in [5.74, 6) is 1.30. The molecule has 0 aromatic carbocycles. The van der Waals surface area contributed by atoms with Crippen LogP contribution in [0.4, 0.5) is 0 Å². The van der Waals surface area contributed by atoms with E-state index in [2.05, 4.69) is 4.98 Å². The van der Waals surface area contributed by atoms with Crippen LogP contribution in [0.3, 0.4) is 0 Å². The molecule has 0 amide bonds. The van der Waals surface area contributed by atoms with Crippen molar-refractivity contribution in [3.05, 3.63) is 22.9 Å². The number of ether oxygens (including phenoxy) is 1. The van der Waals surface area contributed by atoms with Crippen LogP contribution in [-0.4, -0.2) is 17.4 Å². The summed E-state index contributed by atoms with van der Waals surface area (Å²) in [5, 5.41) is 7.60. The normalized spacial score (nSPS) is 17.9. The third kappa shape index (κ3) is 2.12. The molecule has 90 valence electrons. The summed E-state index contributed by atoms with van der Waals surface area (Å²) in [4.78, 5) is 4.53. The van der Waals surface area contributed by atoms with Gasteiger partial charge in [-0.05, 0) is 49.7 Å². The Morgan fingerprint density at radius 2 is 2.29 bits per heavy atom. The molecule has 2 aliphatic carbocycles. The Labute approximate surface area is 101 Å². The fraction of sp³-hybridized carbons (Fsp3) is 0.538. The number of nitrogen functional groups attached to an aromatic ring is 1. The predicted octanol–water partition coefficient (Wildman–Crippen LogP) is 1.64. The first-order valence-corrected chi connectivity index (χ1v) is 6.24. The number of nitrogens with zero attached hydrogens (tertiary/aromatic N) is 1. The van der Waals surface area contributed by atoms with Crippen molar-refractivity contribution < 1.29 is 4.74 Å². The Bertz CT molecular complexity index is 466. The molecule has 1 aromatic heterocycles. The minimum Gasteiger partial charge on any atom is -0.477 e. The molecule has 4 heteroatoms. The van der Waals surface area contributed by atoms with Crippen molar-refractivity contribution in [2.24, 2.45) is 11.7 Å². The van der Waals surface area contributed by atoms with E-state index in [4.69, 9.17) is 15.9 Å². The lowest BCUT2D eigenvalue weighted by molar-refractivity contribution is 0.287. The van der Waals surface area contributed by atoms with Gasteiger partial charge in [0.1, 0.15) is 5.84 Å². The number of hydrogen-bond acceptors (Lipinski definition) is 3. The first-order valence-electron chi connectivity index (χ1n) is 6.24. The molecule has 0 radical (unpaired) electrons. The molecule has 1 heterocycles. The minimum absolute atomic E-state index is 0.0537. The second kappa shape index (κ2) is 4.02. The number of aryl methyl sites for hydroxylation is 2. The molecule has 1 aromatic rings. The van der Waals surface area contributed by atoms with Crippen LogP contribution in [0, 0.1) is 11.3 Å². The Balaban J connectivity index is 1.89. The smallest absolute Gasteiger partial charge is 0.224 e. The summed E-state index contributed by atoms with van der Waals surface area (Å²) in [7, 11) is 0. The third-order valence-corrected chi connectivity index (χ3v) is 3.46. The Hall–Kier alpha value is -1.58. The van der Waals surface area contributed by atoms with Crippen molar-refractivity contribution in [3.8, 4) is 5.88 Å². The second-order valence-corrected chi connectivity index (χ2v) is 4.97. The number of rotatable bonds is 4. The topological polar surface area (TPSA) is 72.0 Å². The van der Waals surface area contributed by atoms with Gasteiger partial charge in [-0.15, -0.1) is 0 Å². The fourth-order valence-corrected chi connectivity index (χ4v) is 2.24. The van der Waals surface area contributed by atoms with Gasteiger partial charge in [-0.1, -0.05) is 0 Å². The number of amidine groups is 1. The predicted molar refractivity (Wildman–Crippen MR) is 65.5 cm³/mol. The van der Waals surface area contributed by atoms with E-state index in [1.807, 2.05) is 6.07 Å². The summed E-state index contributed by atoms with van der Waals surface area (Å²) < 4.78 is 5.72. The second-order valence-electron chi connectivity index (χ2n) is 4.97. The monoisotopic (exact) mass is 231 g/mol. The van der Waals surface area contributed by atoms with E-state index in [0.717, 1.165) is 25.0 Å². The van der Waals surface area contributed by atoms with E-state index in [-0.39, 0.29) is 5.84 Å². The van der Waals surface area contributed by atoms with Crippen LogP contribution in [0.1, 0.15) is 36.1 Å². The maximum Gasteiger partial charge on any atom is 0.224 e. The third-order valence-electron chi connectivity index (χ3n) is 3.46. The van der Waals surface area contributed by atoms with Crippen LogP contribution < -0.4 is 10.5 Å². The van der Waals surface area contributed by atoms with E-state index in [0.29, 0.717) is 24.0 Å². The van der Waals surface area contributed by atoms with Gasteiger partial charge in [-0.3, -0.25) is 5.41 Å². The lowest BCUT2D eigenvalue weighted by Gasteiger charge is -2.11. The molecule has 3 N–H and O–H groups in total. The van der Waals surface area contributed by atoms with E-state index >= 15 is 0 Å². The summed E-state index contributed by atoms with van der Waals surface area (Å²) in [6, 6.07) is 1.99. The number of pyridine rings is 1. The largest absolute Gasteiger partial charge is 0.477 e. The number of hydrogen-bond donors (Lipinski definition) is 2. The number of fused-ring (bicyclic) bond motifs is 1. The maximum atomic E-state index is 7.60. The molecule has 0 bridgehead atoms. The van der Waals surface area contributed by atoms with Crippen molar-refractivity contribution in [1.82, 2.24) is 4.98 Å². The summed E-state index contributed by atoms with van der Waals surface area (Å²) in [5.41, 5.74) is 8.61. The molecule has 0 atom stereocenters. The van der Waals surface area contributed by atoms with Gasteiger partial charge in [-0.25, -0.2) is 4.98 Å². The Kier molecular flexibility index (Phi) is 2.50. The van der Waals surface area contributed by atoms with Crippen molar-refractivity contribution in [1.29, 1.82) is 5.41 Å². The molecule has 0 unspecified atom stereocenters. The van der Waals surface area contributed by atoms with Crippen molar-refractivity contribution >= 4 is 5.84 Å². The zero-order valence-electron chi connectivity index (χ0n) is 9.83. The van der Waals surface area contributed by atoms with Gasteiger partial charge in [0.15, 0.2) is 0 Å². The standard InChI is InChI=1S/C13H17N3O/c14-12(15)10-6-9-2-1-3-11(9)16-13(10)17-7-8-4-5-8/h6,8H,1-5,7H2,(H3,14,15). The first kappa shape index (κ1) is 10.6. The highest BCUT2D eigenvalue weighted by atomic mass is 16.5. The van der Waals surface area contributed by atoms with Gasteiger partial charge in [0.2, 0.25) is 5.88 Å². The lowest BCUT2D eigenvalue weighted by Crippen LogP contribution is -2.16. The van der Waals surface area contributed by atoms with Gasteiger partial charge >= 0.3 is 0 Å². The van der Waals surface area contributed by atoms with Crippen LogP contribution in [0.15, 0.2) is 6.07 Å². The van der Waals surface area contributed by atoms with Gasteiger partial charge in [0.05, 0.1) is 12.2 Å². The summed E-state index contributed by atoms with van der Waals surface area (Å²) in [6.45, 7) is 0.714. The van der Waals surface area contributed by atoms with Gasteiger partial charge in [-0.2, -0.15) is 0 Å². The summed E-state index contributed by atoms with van der Waals surface area (Å²) >= 11 is 0. The average Bonchev–Trinajstić information content (AvgIpc) is 3.02. The van der Waals surface area contributed by atoms with Crippen LogP contribution in [-0.2, 0) is 12.8 Å². The van der Waals surface area contributed by atoms with Gasteiger partial charge < -0.3 is 10.5 Å². The molecular weight excluding hydrogens is 214 g/mol. The highest BCUT2D eigenvalue weighted by molar-refractivity contribution is 5.97.